The van der Waals surface area contributed by atoms with Crippen molar-refractivity contribution in [3.63, 3.8) is 0 Å². The van der Waals surface area contributed by atoms with Gasteiger partial charge in [-0.2, -0.15) is 0 Å². The largest absolute Gasteiger partial charge is 0.453 e. The standard InChI is InChI=1S/C17H32N4O2.HI/c1-4-17(9-5-6-10-17)13-19-15(18-2)20-14-7-11-21(12-8-14)16(22)23-3;/h14H,4-13H2,1-3H3,(H2,18,19,20);1H. The molecule has 0 aromatic heterocycles. The van der Waals surface area contributed by atoms with E-state index >= 15 is 0 Å². The highest BCUT2D eigenvalue weighted by molar-refractivity contribution is 14.0. The first-order valence-corrected chi connectivity index (χ1v) is 8.92. The maximum absolute atomic E-state index is 11.5. The second kappa shape index (κ2) is 10.3. The number of hydrogen-bond donors (Lipinski definition) is 2. The van der Waals surface area contributed by atoms with Gasteiger partial charge in [0, 0.05) is 32.7 Å². The topological polar surface area (TPSA) is 66.0 Å². The Morgan fingerprint density at radius 2 is 1.92 bits per heavy atom. The molecule has 0 spiro atoms. The highest BCUT2D eigenvalue weighted by Gasteiger charge is 2.32. The molecule has 1 amide bonds. The van der Waals surface area contributed by atoms with E-state index in [2.05, 4.69) is 22.5 Å². The fourth-order valence-corrected chi connectivity index (χ4v) is 3.78. The predicted octanol–water partition coefficient (Wildman–Crippen LogP) is 2.97. The van der Waals surface area contributed by atoms with E-state index in [0.29, 0.717) is 11.5 Å². The van der Waals surface area contributed by atoms with Crippen LogP contribution in [0.2, 0.25) is 0 Å². The normalized spacial score (nSPS) is 21.1. The van der Waals surface area contributed by atoms with Gasteiger partial charge in [-0.15, -0.1) is 24.0 Å². The van der Waals surface area contributed by atoms with Crippen LogP contribution < -0.4 is 10.6 Å². The quantitative estimate of drug-likeness (QED) is 0.391. The minimum Gasteiger partial charge on any atom is -0.453 e. The molecule has 6 nitrogen and oxygen atoms in total. The van der Waals surface area contributed by atoms with Crippen LogP contribution >= 0.6 is 24.0 Å². The van der Waals surface area contributed by atoms with Crippen LogP contribution in [0.25, 0.3) is 0 Å². The summed E-state index contributed by atoms with van der Waals surface area (Å²) in [6.45, 7) is 4.77. The number of amides is 1. The number of aliphatic imine (C=N–C) groups is 1. The van der Waals surface area contributed by atoms with Crippen molar-refractivity contribution in [3.05, 3.63) is 0 Å². The average Bonchev–Trinajstić information content (AvgIpc) is 3.08. The summed E-state index contributed by atoms with van der Waals surface area (Å²) in [5.41, 5.74) is 0.450. The maximum Gasteiger partial charge on any atom is 0.409 e. The van der Waals surface area contributed by atoms with Crippen molar-refractivity contribution in [2.24, 2.45) is 10.4 Å². The fraction of sp³-hybridized carbons (Fsp3) is 0.882. The number of rotatable bonds is 4. The number of likely N-dealkylation sites (tertiary alicyclic amines) is 1. The zero-order chi connectivity index (χ0) is 16.7. The van der Waals surface area contributed by atoms with Crippen molar-refractivity contribution in [1.29, 1.82) is 0 Å². The van der Waals surface area contributed by atoms with Gasteiger partial charge in [-0.1, -0.05) is 19.8 Å². The number of hydrogen-bond acceptors (Lipinski definition) is 3. The SMILES string of the molecule is CCC1(CNC(=NC)NC2CCN(C(=O)OC)CC2)CCCC1.I. The van der Waals surface area contributed by atoms with Crippen molar-refractivity contribution >= 4 is 36.0 Å². The van der Waals surface area contributed by atoms with Crippen LogP contribution in [0, 0.1) is 5.41 Å². The molecule has 7 heteroatoms. The number of carbonyl (C=O) groups excluding carboxylic acids is 1. The molecule has 0 bridgehead atoms. The second-order valence-electron chi connectivity index (χ2n) is 6.86. The third kappa shape index (κ3) is 5.67. The number of halogens is 1. The first kappa shape index (κ1) is 21.3. The molecule has 1 saturated carbocycles. The van der Waals surface area contributed by atoms with Gasteiger partial charge in [-0.05, 0) is 37.5 Å². The van der Waals surface area contributed by atoms with Gasteiger partial charge < -0.3 is 20.3 Å². The molecular weight excluding hydrogens is 419 g/mol. The number of nitrogens with one attached hydrogen (secondary N) is 2. The zero-order valence-corrected chi connectivity index (χ0v) is 17.6. The second-order valence-corrected chi connectivity index (χ2v) is 6.86. The third-order valence-electron chi connectivity index (χ3n) is 5.54. The van der Waals surface area contributed by atoms with Crippen LogP contribution in [0.3, 0.4) is 0 Å². The Morgan fingerprint density at radius 3 is 2.42 bits per heavy atom. The molecule has 0 aromatic carbocycles. The molecule has 140 valence electrons. The minimum absolute atomic E-state index is 0. The Kier molecular flexibility index (Phi) is 9.15. The van der Waals surface area contributed by atoms with E-state index < -0.39 is 0 Å². The number of guanidine groups is 1. The smallest absolute Gasteiger partial charge is 0.409 e. The van der Waals surface area contributed by atoms with Gasteiger partial charge >= 0.3 is 6.09 Å². The number of ether oxygens (including phenoxy) is 1. The Hall–Kier alpha value is -0.730. The highest BCUT2D eigenvalue weighted by atomic mass is 127. The predicted molar refractivity (Wildman–Crippen MR) is 108 cm³/mol. The number of piperidine rings is 1. The maximum atomic E-state index is 11.5. The van der Waals surface area contributed by atoms with E-state index in [-0.39, 0.29) is 30.1 Å². The lowest BCUT2D eigenvalue weighted by Gasteiger charge is -2.33. The summed E-state index contributed by atoms with van der Waals surface area (Å²) in [7, 11) is 3.26. The summed E-state index contributed by atoms with van der Waals surface area (Å²) in [5, 5.41) is 7.04. The summed E-state index contributed by atoms with van der Waals surface area (Å²) in [6.07, 6.45) is 8.21. The Bertz CT molecular complexity index is 417. The summed E-state index contributed by atoms with van der Waals surface area (Å²) in [5.74, 6) is 0.890. The average molecular weight is 452 g/mol. The molecule has 0 atom stereocenters. The van der Waals surface area contributed by atoms with Crippen LogP contribution in [0.4, 0.5) is 4.79 Å². The molecule has 0 unspecified atom stereocenters. The molecule has 1 aliphatic heterocycles. The van der Waals surface area contributed by atoms with Gasteiger partial charge in [0.15, 0.2) is 5.96 Å². The van der Waals surface area contributed by atoms with Crippen molar-refractivity contribution in [3.8, 4) is 0 Å². The lowest BCUT2D eigenvalue weighted by atomic mass is 9.83. The summed E-state index contributed by atoms with van der Waals surface area (Å²) < 4.78 is 4.78. The minimum atomic E-state index is -0.225. The van der Waals surface area contributed by atoms with Gasteiger partial charge in [0.25, 0.3) is 0 Å². The van der Waals surface area contributed by atoms with E-state index in [0.717, 1.165) is 38.4 Å². The lowest BCUT2D eigenvalue weighted by Crippen LogP contribution is -2.51. The first-order chi connectivity index (χ1) is 11.1. The van der Waals surface area contributed by atoms with Crippen LogP contribution in [-0.4, -0.2) is 56.8 Å². The van der Waals surface area contributed by atoms with Crippen LogP contribution in [0.5, 0.6) is 0 Å². The molecule has 1 aliphatic carbocycles. The van der Waals surface area contributed by atoms with Crippen molar-refractivity contribution in [1.82, 2.24) is 15.5 Å². The van der Waals surface area contributed by atoms with Gasteiger partial charge in [-0.25, -0.2) is 4.79 Å². The van der Waals surface area contributed by atoms with Gasteiger partial charge in [0.05, 0.1) is 7.11 Å². The van der Waals surface area contributed by atoms with Crippen LogP contribution in [-0.2, 0) is 4.74 Å². The molecule has 0 radical (unpaired) electrons. The van der Waals surface area contributed by atoms with Crippen molar-refractivity contribution in [2.75, 3.05) is 33.8 Å². The summed E-state index contributed by atoms with van der Waals surface area (Å²) >= 11 is 0. The highest BCUT2D eigenvalue weighted by Crippen LogP contribution is 2.40. The van der Waals surface area contributed by atoms with E-state index in [9.17, 15) is 4.79 Å². The van der Waals surface area contributed by atoms with Crippen LogP contribution in [0.15, 0.2) is 4.99 Å². The lowest BCUT2D eigenvalue weighted by molar-refractivity contribution is 0.111. The Balaban J connectivity index is 0.00000288. The first-order valence-electron chi connectivity index (χ1n) is 8.92. The van der Waals surface area contributed by atoms with Crippen LogP contribution in [0.1, 0.15) is 51.9 Å². The molecule has 2 rings (SSSR count). The third-order valence-corrected chi connectivity index (χ3v) is 5.54. The molecule has 2 N–H and O–H groups in total. The molecule has 1 heterocycles. The monoisotopic (exact) mass is 452 g/mol. The van der Waals surface area contributed by atoms with Gasteiger partial charge in [-0.3, -0.25) is 4.99 Å². The van der Waals surface area contributed by atoms with E-state index in [4.69, 9.17) is 4.74 Å². The Labute approximate surface area is 163 Å². The van der Waals surface area contributed by atoms with Gasteiger partial charge in [0.2, 0.25) is 0 Å². The summed E-state index contributed by atoms with van der Waals surface area (Å²) in [4.78, 5) is 17.6. The molecule has 1 saturated heterocycles. The van der Waals surface area contributed by atoms with Crippen molar-refractivity contribution in [2.45, 2.75) is 57.9 Å². The molecule has 0 aromatic rings. The molecule has 2 fully saturated rings. The van der Waals surface area contributed by atoms with Gasteiger partial charge in [0.1, 0.15) is 0 Å². The molecule has 24 heavy (non-hydrogen) atoms. The van der Waals surface area contributed by atoms with Crippen molar-refractivity contribution < 1.29 is 9.53 Å². The zero-order valence-electron chi connectivity index (χ0n) is 15.3. The van der Waals surface area contributed by atoms with E-state index in [1.807, 2.05) is 7.05 Å². The van der Waals surface area contributed by atoms with E-state index in [1.165, 1.54) is 39.2 Å². The number of nitrogens with zero attached hydrogens (tertiary/aromatic N) is 2. The molecular formula is C17H33IN4O2. The fourth-order valence-electron chi connectivity index (χ4n) is 3.78. The number of methoxy groups -OCH3 is 1. The Morgan fingerprint density at radius 1 is 1.29 bits per heavy atom. The number of carbonyl (C=O) groups is 1. The van der Waals surface area contributed by atoms with E-state index in [1.54, 1.807) is 4.90 Å². The summed E-state index contributed by atoms with van der Waals surface area (Å²) in [6, 6.07) is 0.364. The molecule has 2 aliphatic rings.